The number of hydrogen-bond donors (Lipinski definition) is 1. The van der Waals surface area contributed by atoms with Crippen LogP contribution in [0.5, 0.6) is 0 Å². The van der Waals surface area contributed by atoms with Gasteiger partial charge in [-0.05, 0) is 38.1 Å². The Hall–Kier alpha value is -2.61. The number of aliphatic hydroxyl groups is 1. The van der Waals surface area contributed by atoms with Crippen molar-refractivity contribution in [1.82, 2.24) is 9.88 Å². The van der Waals surface area contributed by atoms with E-state index in [9.17, 15) is 14.7 Å². The van der Waals surface area contributed by atoms with Crippen LogP contribution in [0.3, 0.4) is 0 Å². The Morgan fingerprint density at radius 3 is 2.50 bits per heavy atom. The van der Waals surface area contributed by atoms with Crippen molar-refractivity contribution >= 4 is 46.2 Å². The summed E-state index contributed by atoms with van der Waals surface area (Å²) in [5, 5.41) is 12.0. The van der Waals surface area contributed by atoms with Gasteiger partial charge in [-0.1, -0.05) is 29.3 Å². The minimum absolute atomic E-state index is 0.0274. The van der Waals surface area contributed by atoms with Gasteiger partial charge in [0.1, 0.15) is 5.76 Å². The molecule has 0 spiro atoms. The highest BCUT2D eigenvalue weighted by atomic mass is 35.5. The first-order chi connectivity index (χ1) is 14.3. The number of nitrogens with zero attached hydrogens (tertiary/aromatic N) is 2. The number of rotatable bonds is 5. The van der Waals surface area contributed by atoms with Gasteiger partial charge in [0.25, 0.3) is 5.91 Å². The van der Waals surface area contributed by atoms with Crippen molar-refractivity contribution < 1.29 is 19.1 Å². The molecule has 4 rings (SSSR count). The quantitative estimate of drug-likeness (QED) is 0.510. The summed E-state index contributed by atoms with van der Waals surface area (Å²) in [6.45, 7) is 3.52. The highest BCUT2D eigenvalue weighted by molar-refractivity contribution is 7.14. The minimum Gasteiger partial charge on any atom is -0.503 e. The molecule has 1 aromatic carbocycles. The average Bonchev–Trinajstić information content (AvgIpc) is 3.38. The van der Waals surface area contributed by atoms with Crippen molar-refractivity contribution in [1.29, 1.82) is 0 Å². The summed E-state index contributed by atoms with van der Waals surface area (Å²) in [7, 11) is 0. The molecule has 1 aliphatic rings. The zero-order valence-corrected chi connectivity index (χ0v) is 18.3. The Labute approximate surface area is 186 Å². The largest absolute Gasteiger partial charge is 0.503 e. The number of amides is 1. The maximum absolute atomic E-state index is 13.5. The summed E-state index contributed by atoms with van der Waals surface area (Å²) in [6, 6.07) is 7.33. The maximum atomic E-state index is 13.5. The van der Waals surface area contributed by atoms with Gasteiger partial charge in [0.15, 0.2) is 5.76 Å². The average molecular weight is 463 g/mol. The molecule has 2 aromatic heterocycles. The third-order valence-electron chi connectivity index (χ3n) is 4.84. The summed E-state index contributed by atoms with van der Waals surface area (Å²) in [6.07, 6.45) is 1.48. The number of benzene rings is 1. The predicted octanol–water partition coefficient (Wildman–Crippen LogP) is 5.44. The molecule has 0 radical (unpaired) electrons. The normalized spacial score (nSPS) is 16.6. The number of aryl methyl sites for hydroxylation is 2. The van der Waals surface area contributed by atoms with E-state index in [4.69, 9.17) is 27.6 Å². The van der Waals surface area contributed by atoms with Gasteiger partial charge in [-0.15, -0.1) is 11.3 Å². The lowest BCUT2D eigenvalue weighted by Crippen LogP contribution is -2.31. The lowest BCUT2D eigenvalue weighted by atomic mass is 9.95. The molecular weight excluding hydrogens is 447 g/mol. The molecule has 3 aromatic rings. The molecule has 0 bridgehead atoms. The lowest BCUT2D eigenvalue weighted by molar-refractivity contribution is -0.130. The molecule has 154 valence electrons. The fraction of sp³-hybridized carbons (Fsp3) is 0.190. The topological polar surface area (TPSA) is 83.6 Å². The van der Waals surface area contributed by atoms with Crippen LogP contribution in [-0.2, 0) is 11.3 Å². The fourth-order valence-electron chi connectivity index (χ4n) is 3.56. The van der Waals surface area contributed by atoms with E-state index in [2.05, 4.69) is 4.98 Å². The van der Waals surface area contributed by atoms with Gasteiger partial charge >= 0.3 is 0 Å². The van der Waals surface area contributed by atoms with Crippen molar-refractivity contribution in [3.05, 3.63) is 84.9 Å². The molecule has 9 heteroatoms. The van der Waals surface area contributed by atoms with Crippen LogP contribution in [0.1, 0.15) is 37.7 Å². The Kier molecular flexibility index (Phi) is 5.44. The summed E-state index contributed by atoms with van der Waals surface area (Å²) in [5.41, 5.74) is 0.823. The van der Waals surface area contributed by atoms with Gasteiger partial charge in [-0.25, -0.2) is 4.98 Å². The van der Waals surface area contributed by atoms with Crippen LogP contribution in [-0.4, -0.2) is 26.7 Å². The SMILES string of the molecule is Cc1nc(C)c(C(=O)C2=C(O)C(=O)N(Cc3ccco3)C2c2c(Cl)cccc2Cl)s1. The number of furan rings is 1. The van der Waals surface area contributed by atoms with Crippen molar-refractivity contribution in [2.24, 2.45) is 0 Å². The van der Waals surface area contributed by atoms with Crippen LogP contribution in [0, 0.1) is 13.8 Å². The van der Waals surface area contributed by atoms with Crippen LogP contribution in [0.2, 0.25) is 10.0 Å². The number of ketones is 1. The molecule has 1 aliphatic heterocycles. The van der Waals surface area contributed by atoms with E-state index >= 15 is 0 Å². The summed E-state index contributed by atoms with van der Waals surface area (Å²) >= 11 is 14.1. The molecular formula is C21H16Cl2N2O4S. The second-order valence-corrected chi connectivity index (χ2v) is 8.81. The lowest BCUT2D eigenvalue weighted by Gasteiger charge is -2.27. The number of thiazole rings is 1. The van der Waals surface area contributed by atoms with Crippen molar-refractivity contribution in [2.75, 3.05) is 0 Å². The van der Waals surface area contributed by atoms with Gasteiger partial charge in [0.05, 0.1) is 40.0 Å². The Morgan fingerprint density at radius 2 is 1.93 bits per heavy atom. The zero-order valence-electron chi connectivity index (χ0n) is 16.0. The van der Waals surface area contributed by atoms with Crippen molar-refractivity contribution in [2.45, 2.75) is 26.4 Å². The minimum atomic E-state index is -0.974. The van der Waals surface area contributed by atoms with Crippen molar-refractivity contribution in [3.63, 3.8) is 0 Å². The van der Waals surface area contributed by atoms with E-state index in [1.165, 1.54) is 22.5 Å². The van der Waals surface area contributed by atoms with Gasteiger partial charge < -0.3 is 14.4 Å². The van der Waals surface area contributed by atoms with Gasteiger partial charge in [0, 0.05) is 15.6 Å². The van der Waals surface area contributed by atoms with Crippen LogP contribution >= 0.6 is 34.5 Å². The highest BCUT2D eigenvalue weighted by Crippen LogP contribution is 2.45. The third-order valence-corrected chi connectivity index (χ3v) is 6.57. The standard InChI is InChI=1S/C21H16Cl2N2O4S/c1-10-20(30-11(2)24-10)18(26)16-17(15-13(22)6-3-7-14(15)23)25(21(28)19(16)27)9-12-5-4-8-29-12/h3-8,17,27H,9H2,1-2H3. The number of halogens is 2. The first-order valence-corrected chi connectivity index (χ1v) is 10.6. The molecule has 1 N–H and O–H groups in total. The van der Waals surface area contributed by atoms with Crippen LogP contribution in [0.15, 0.2) is 52.3 Å². The molecule has 1 unspecified atom stereocenters. The number of carbonyl (C=O) groups excluding carboxylic acids is 2. The third kappa shape index (κ3) is 3.43. The second kappa shape index (κ2) is 7.91. The van der Waals surface area contributed by atoms with Gasteiger partial charge in [-0.3, -0.25) is 9.59 Å². The van der Waals surface area contributed by atoms with Crippen LogP contribution in [0.25, 0.3) is 0 Å². The van der Waals surface area contributed by atoms with Gasteiger partial charge in [-0.2, -0.15) is 0 Å². The van der Waals surface area contributed by atoms with Gasteiger partial charge in [0.2, 0.25) is 5.78 Å². The van der Waals surface area contributed by atoms with Crippen molar-refractivity contribution in [3.8, 4) is 0 Å². The Balaban J connectivity index is 1.89. The first kappa shape index (κ1) is 20.7. The maximum Gasteiger partial charge on any atom is 0.290 e. The molecule has 0 saturated carbocycles. The fourth-order valence-corrected chi connectivity index (χ4v) is 5.03. The monoisotopic (exact) mass is 462 g/mol. The van der Waals surface area contributed by atoms with E-state index < -0.39 is 23.5 Å². The molecule has 0 fully saturated rings. The molecule has 1 amide bonds. The zero-order chi connectivity index (χ0) is 21.6. The Bertz CT molecular complexity index is 1160. The first-order valence-electron chi connectivity index (χ1n) is 8.98. The number of aromatic nitrogens is 1. The molecule has 3 heterocycles. The molecule has 0 saturated heterocycles. The smallest absolute Gasteiger partial charge is 0.290 e. The summed E-state index contributed by atoms with van der Waals surface area (Å²) in [5.74, 6) is -1.32. The molecule has 30 heavy (non-hydrogen) atoms. The number of carbonyl (C=O) groups is 2. The summed E-state index contributed by atoms with van der Waals surface area (Å²) < 4.78 is 5.37. The number of aliphatic hydroxyl groups excluding tert-OH is 1. The molecule has 0 aliphatic carbocycles. The van der Waals surface area contributed by atoms with Crippen LogP contribution < -0.4 is 0 Å². The van der Waals surface area contributed by atoms with E-state index in [0.717, 1.165) is 0 Å². The molecule has 1 atom stereocenters. The second-order valence-electron chi connectivity index (χ2n) is 6.79. The Morgan fingerprint density at radius 1 is 1.23 bits per heavy atom. The van der Waals surface area contributed by atoms with E-state index in [0.29, 0.717) is 26.9 Å². The highest BCUT2D eigenvalue weighted by Gasteiger charge is 2.46. The number of hydrogen-bond acceptors (Lipinski definition) is 6. The predicted molar refractivity (Wildman–Crippen MR) is 114 cm³/mol. The van der Waals surface area contributed by atoms with E-state index in [1.54, 1.807) is 44.2 Å². The van der Waals surface area contributed by atoms with E-state index in [-0.39, 0.29) is 22.2 Å². The molecule has 6 nitrogen and oxygen atoms in total. The van der Waals surface area contributed by atoms with E-state index in [1.807, 2.05) is 0 Å². The number of Topliss-reactive ketones (excluding diaryl/α,β-unsaturated/α-hetero) is 1. The summed E-state index contributed by atoms with van der Waals surface area (Å²) in [4.78, 5) is 32.4. The van der Waals surface area contributed by atoms with Crippen LogP contribution in [0.4, 0.5) is 0 Å².